The smallest absolute Gasteiger partial charge is 0.182 e. The van der Waals surface area contributed by atoms with Crippen molar-refractivity contribution in [3.8, 4) is 11.4 Å². The minimum Gasteiger partial charge on any atom is -0.398 e. The minimum absolute atomic E-state index is 0.373. The topological polar surface area (TPSA) is 69.6 Å². The zero-order chi connectivity index (χ0) is 12.8. The summed E-state index contributed by atoms with van der Waals surface area (Å²) in [6.07, 6.45) is 2.50. The number of nitrogens with zero attached hydrogens (tertiary/aromatic N) is 4. The van der Waals surface area contributed by atoms with Crippen molar-refractivity contribution in [2.24, 2.45) is 5.41 Å². The van der Waals surface area contributed by atoms with Crippen molar-refractivity contribution in [2.45, 2.75) is 33.2 Å². The molecule has 1 saturated carbocycles. The molecule has 2 aromatic rings. The van der Waals surface area contributed by atoms with Crippen molar-refractivity contribution >= 4 is 5.69 Å². The lowest BCUT2D eigenvalue weighted by atomic mass is 10.1. The van der Waals surface area contributed by atoms with Gasteiger partial charge in [0.25, 0.3) is 0 Å². The second-order valence-electron chi connectivity index (χ2n) is 5.49. The number of rotatable bonds is 3. The number of tetrazole rings is 1. The Hall–Kier alpha value is -1.91. The van der Waals surface area contributed by atoms with Gasteiger partial charge in [0.1, 0.15) is 0 Å². The van der Waals surface area contributed by atoms with Gasteiger partial charge in [-0.15, -0.1) is 5.10 Å². The molecule has 1 heterocycles. The van der Waals surface area contributed by atoms with E-state index in [2.05, 4.69) is 22.4 Å². The predicted molar refractivity (Wildman–Crippen MR) is 69.7 cm³/mol. The maximum Gasteiger partial charge on any atom is 0.182 e. The maximum atomic E-state index is 5.94. The van der Waals surface area contributed by atoms with Crippen LogP contribution in [0.1, 0.15) is 25.3 Å². The summed E-state index contributed by atoms with van der Waals surface area (Å²) >= 11 is 0. The first-order valence-corrected chi connectivity index (χ1v) is 6.21. The summed E-state index contributed by atoms with van der Waals surface area (Å²) in [7, 11) is 0. The lowest BCUT2D eigenvalue weighted by Crippen LogP contribution is -2.11. The third-order valence-electron chi connectivity index (χ3n) is 3.78. The number of hydrogen-bond donors (Lipinski definition) is 1. The Morgan fingerprint density at radius 2 is 2.17 bits per heavy atom. The van der Waals surface area contributed by atoms with E-state index in [1.165, 1.54) is 12.8 Å². The van der Waals surface area contributed by atoms with E-state index in [4.69, 9.17) is 5.73 Å². The van der Waals surface area contributed by atoms with Crippen LogP contribution < -0.4 is 5.73 Å². The summed E-state index contributed by atoms with van der Waals surface area (Å²) in [4.78, 5) is 0. The van der Waals surface area contributed by atoms with E-state index in [1.807, 2.05) is 29.8 Å². The van der Waals surface area contributed by atoms with Crippen molar-refractivity contribution in [2.75, 3.05) is 5.73 Å². The van der Waals surface area contributed by atoms with Crippen LogP contribution >= 0.6 is 0 Å². The molecule has 1 fully saturated rings. The minimum atomic E-state index is 0.373. The number of hydrogen-bond acceptors (Lipinski definition) is 4. The Bertz CT molecular complexity index is 583. The molecule has 0 atom stereocenters. The molecule has 1 aromatic heterocycles. The Kier molecular flexibility index (Phi) is 2.36. The van der Waals surface area contributed by atoms with Crippen LogP contribution in [0.4, 0.5) is 5.69 Å². The molecule has 0 bridgehead atoms. The highest BCUT2D eigenvalue weighted by atomic mass is 15.5. The monoisotopic (exact) mass is 243 g/mol. The van der Waals surface area contributed by atoms with E-state index < -0.39 is 0 Å². The number of aromatic nitrogens is 4. The molecule has 0 radical (unpaired) electrons. The van der Waals surface area contributed by atoms with Crippen LogP contribution in [0, 0.1) is 12.3 Å². The van der Waals surface area contributed by atoms with Crippen molar-refractivity contribution in [3.63, 3.8) is 0 Å². The quantitative estimate of drug-likeness (QED) is 0.837. The fraction of sp³-hybridized carbons (Fsp3) is 0.462. The average molecular weight is 243 g/mol. The van der Waals surface area contributed by atoms with Crippen molar-refractivity contribution in [1.82, 2.24) is 20.2 Å². The lowest BCUT2D eigenvalue weighted by molar-refractivity contribution is 0.427. The summed E-state index contributed by atoms with van der Waals surface area (Å²) in [5.74, 6) is 0.813. The second-order valence-corrected chi connectivity index (χ2v) is 5.49. The molecule has 94 valence electrons. The zero-order valence-corrected chi connectivity index (χ0v) is 10.7. The van der Waals surface area contributed by atoms with Gasteiger partial charge in [0, 0.05) is 11.3 Å². The maximum absolute atomic E-state index is 5.94. The SMILES string of the molecule is Cc1c(N)cccc1-c1nnnn1CC1(C)CC1. The number of anilines is 1. The molecule has 1 aliphatic carbocycles. The largest absolute Gasteiger partial charge is 0.398 e. The molecule has 0 spiro atoms. The molecular weight excluding hydrogens is 226 g/mol. The van der Waals surface area contributed by atoms with Gasteiger partial charge < -0.3 is 5.73 Å². The van der Waals surface area contributed by atoms with Gasteiger partial charge in [-0.05, 0) is 47.2 Å². The van der Waals surface area contributed by atoms with E-state index in [0.717, 1.165) is 29.2 Å². The Morgan fingerprint density at radius 3 is 2.89 bits per heavy atom. The molecule has 0 unspecified atom stereocenters. The first kappa shape index (κ1) is 11.2. The van der Waals surface area contributed by atoms with Crippen LogP contribution in [0.2, 0.25) is 0 Å². The van der Waals surface area contributed by atoms with Crippen LogP contribution in [0.25, 0.3) is 11.4 Å². The Balaban J connectivity index is 2.01. The number of nitrogen functional groups attached to an aromatic ring is 1. The van der Waals surface area contributed by atoms with Crippen LogP contribution in [0.15, 0.2) is 18.2 Å². The Morgan fingerprint density at radius 1 is 1.39 bits per heavy atom. The third-order valence-corrected chi connectivity index (χ3v) is 3.78. The van der Waals surface area contributed by atoms with Crippen molar-refractivity contribution in [3.05, 3.63) is 23.8 Å². The van der Waals surface area contributed by atoms with Crippen LogP contribution in [-0.2, 0) is 6.54 Å². The molecule has 0 amide bonds. The van der Waals surface area contributed by atoms with Gasteiger partial charge in [-0.2, -0.15) is 0 Å². The van der Waals surface area contributed by atoms with Gasteiger partial charge in [0.15, 0.2) is 5.82 Å². The van der Waals surface area contributed by atoms with E-state index in [1.54, 1.807) is 0 Å². The predicted octanol–water partition coefficient (Wildman–Crippen LogP) is 2.03. The van der Waals surface area contributed by atoms with Crippen LogP contribution in [0.3, 0.4) is 0 Å². The van der Waals surface area contributed by atoms with E-state index in [-0.39, 0.29) is 0 Å². The second kappa shape index (κ2) is 3.80. The molecule has 3 rings (SSSR count). The van der Waals surface area contributed by atoms with Gasteiger partial charge in [0.2, 0.25) is 0 Å². The fourth-order valence-electron chi connectivity index (χ4n) is 2.13. The fourth-order valence-corrected chi connectivity index (χ4v) is 2.13. The van der Waals surface area contributed by atoms with Crippen LogP contribution in [0.5, 0.6) is 0 Å². The van der Waals surface area contributed by atoms with Crippen LogP contribution in [-0.4, -0.2) is 20.2 Å². The molecular formula is C13H17N5. The highest BCUT2D eigenvalue weighted by molar-refractivity contribution is 5.67. The first-order valence-electron chi connectivity index (χ1n) is 6.21. The van der Waals surface area contributed by atoms with Gasteiger partial charge in [-0.1, -0.05) is 19.1 Å². The summed E-state index contributed by atoms with van der Waals surface area (Å²) in [5, 5.41) is 12.1. The number of nitrogens with two attached hydrogens (primary N) is 1. The summed E-state index contributed by atoms with van der Waals surface area (Å²) < 4.78 is 1.90. The summed E-state index contributed by atoms with van der Waals surface area (Å²) in [6.45, 7) is 5.15. The molecule has 2 N–H and O–H groups in total. The average Bonchev–Trinajstić information content (AvgIpc) is 2.88. The van der Waals surface area contributed by atoms with Gasteiger partial charge in [-0.3, -0.25) is 0 Å². The standard InChI is InChI=1S/C13H17N5/c1-9-10(4-3-5-11(9)14)12-15-16-17-18(12)8-13(2)6-7-13/h3-5H,6-8,14H2,1-2H3. The number of benzene rings is 1. The molecule has 0 aliphatic heterocycles. The summed E-state index contributed by atoms with van der Waals surface area (Å²) in [6, 6.07) is 5.85. The molecule has 5 nitrogen and oxygen atoms in total. The summed E-state index contributed by atoms with van der Waals surface area (Å²) in [5.41, 5.74) is 9.14. The molecule has 18 heavy (non-hydrogen) atoms. The van der Waals surface area contributed by atoms with E-state index in [9.17, 15) is 0 Å². The molecule has 1 aliphatic rings. The van der Waals surface area contributed by atoms with E-state index in [0.29, 0.717) is 5.41 Å². The lowest BCUT2D eigenvalue weighted by Gasteiger charge is -2.11. The Labute approximate surface area is 106 Å². The van der Waals surface area contributed by atoms with Crippen molar-refractivity contribution in [1.29, 1.82) is 0 Å². The third kappa shape index (κ3) is 1.85. The molecule has 0 saturated heterocycles. The highest BCUT2D eigenvalue weighted by Crippen LogP contribution is 2.46. The van der Waals surface area contributed by atoms with Crippen molar-refractivity contribution < 1.29 is 0 Å². The normalized spacial score (nSPS) is 16.8. The van der Waals surface area contributed by atoms with Gasteiger partial charge >= 0.3 is 0 Å². The van der Waals surface area contributed by atoms with E-state index >= 15 is 0 Å². The first-order chi connectivity index (χ1) is 8.59. The molecule has 5 heteroatoms. The van der Waals surface area contributed by atoms with Gasteiger partial charge in [-0.25, -0.2) is 4.68 Å². The molecule has 1 aromatic carbocycles. The van der Waals surface area contributed by atoms with Gasteiger partial charge in [0.05, 0.1) is 6.54 Å². The zero-order valence-electron chi connectivity index (χ0n) is 10.7. The highest BCUT2D eigenvalue weighted by Gasteiger charge is 2.38.